The topological polar surface area (TPSA) is 55.1 Å². The molecule has 0 aliphatic carbocycles. The van der Waals surface area contributed by atoms with Gasteiger partial charge in [0.1, 0.15) is 0 Å². The summed E-state index contributed by atoms with van der Waals surface area (Å²) in [6.07, 6.45) is 4.31. The third-order valence-electron chi connectivity index (χ3n) is 2.88. The molecule has 2 aromatic rings. The van der Waals surface area contributed by atoms with Crippen LogP contribution in [-0.4, -0.2) is 20.9 Å². The number of benzene rings is 1. The lowest BCUT2D eigenvalue weighted by atomic mass is 10.0. The molecule has 1 atom stereocenters. The van der Waals surface area contributed by atoms with Gasteiger partial charge in [0.25, 0.3) is 0 Å². The highest BCUT2D eigenvalue weighted by molar-refractivity contribution is 5.69. The fraction of sp³-hybridized carbons (Fsp3) is 0.286. The first kappa shape index (κ1) is 12.4. The van der Waals surface area contributed by atoms with E-state index in [4.69, 9.17) is 5.11 Å². The Bertz CT molecular complexity index is 543. The van der Waals surface area contributed by atoms with Crippen LogP contribution in [0, 0.1) is 12.8 Å². The summed E-state index contributed by atoms with van der Waals surface area (Å²) >= 11 is 0. The Hall–Kier alpha value is -2.10. The summed E-state index contributed by atoms with van der Waals surface area (Å²) in [5.41, 5.74) is 3.12. The van der Waals surface area contributed by atoms with Crippen molar-refractivity contribution in [3.63, 3.8) is 0 Å². The molecule has 0 spiro atoms. The lowest BCUT2D eigenvalue weighted by molar-refractivity contribution is -0.141. The van der Waals surface area contributed by atoms with Gasteiger partial charge in [0.2, 0.25) is 0 Å². The third-order valence-corrected chi connectivity index (χ3v) is 2.88. The maximum atomic E-state index is 10.8. The van der Waals surface area contributed by atoms with E-state index in [1.54, 1.807) is 17.8 Å². The first-order valence-electron chi connectivity index (χ1n) is 5.89. The number of carbonyl (C=O) groups is 1. The number of aliphatic carboxylic acids is 1. The summed E-state index contributed by atoms with van der Waals surface area (Å²) in [5.74, 6) is -1.12. The van der Waals surface area contributed by atoms with Crippen LogP contribution in [0.4, 0.5) is 0 Å². The fourth-order valence-electron chi connectivity index (χ4n) is 1.78. The molecule has 2 rings (SSSR count). The SMILES string of the molecule is Cc1cnn(-c2ccc(CC(C)C(=O)O)cc2)c1. The minimum Gasteiger partial charge on any atom is -0.481 e. The lowest BCUT2D eigenvalue weighted by Crippen LogP contribution is -2.12. The zero-order valence-electron chi connectivity index (χ0n) is 10.5. The quantitative estimate of drug-likeness (QED) is 0.898. The van der Waals surface area contributed by atoms with Gasteiger partial charge >= 0.3 is 5.97 Å². The molecule has 0 radical (unpaired) electrons. The second kappa shape index (κ2) is 5.04. The van der Waals surface area contributed by atoms with Crippen LogP contribution >= 0.6 is 0 Å². The van der Waals surface area contributed by atoms with Crippen molar-refractivity contribution in [3.8, 4) is 5.69 Å². The maximum absolute atomic E-state index is 10.8. The van der Waals surface area contributed by atoms with Gasteiger partial charge in [0.05, 0.1) is 17.8 Å². The largest absolute Gasteiger partial charge is 0.481 e. The molecule has 0 fully saturated rings. The standard InChI is InChI=1S/C14H16N2O2/c1-10-8-15-16(9-10)13-5-3-12(4-6-13)7-11(2)14(17)18/h3-6,8-9,11H,7H2,1-2H3,(H,17,18). The van der Waals surface area contributed by atoms with E-state index < -0.39 is 5.97 Å². The van der Waals surface area contributed by atoms with E-state index >= 15 is 0 Å². The van der Waals surface area contributed by atoms with Crippen molar-refractivity contribution in [1.82, 2.24) is 9.78 Å². The Morgan fingerprint density at radius 1 is 1.39 bits per heavy atom. The smallest absolute Gasteiger partial charge is 0.306 e. The molecule has 18 heavy (non-hydrogen) atoms. The van der Waals surface area contributed by atoms with Gasteiger partial charge in [-0.1, -0.05) is 19.1 Å². The second-order valence-electron chi connectivity index (χ2n) is 4.57. The Morgan fingerprint density at radius 3 is 2.56 bits per heavy atom. The summed E-state index contributed by atoms with van der Waals surface area (Å²) in [6.45, 7) is 3.71. The summed E-state index contributed by atoms with van der Waals surface area (Å²) in [7, 11) is 0. The Kier molecular flexibility index (Phi) is 3.46. The van der Waals surface area contributed by atoms with Gasteiger partial charge in [-0.15, -0.1) is 0 Å². The molecule has 1 N–H and O–H groups in total. The number of aryl methyl sites for hydroxylation is 1. The second-order valence-corrected chi connectivity index (χ2v) is 4.57. The van der Waals surface area contributed by atoms with Crippen LogP contribution in [-0.2, 0) is 11.2 Å². The van der Waals surface area contributed by atoms with Gasteiger partial charge in [-0.25, -0.2) is 4.68 Å². The van der Waals surface area contributed by atoms with Gasteiger partial charge in [-0.3, -0.25) is 4.79 Å². The van der Waals surface area contributed by atoms with Crippen molar-refractivity contribution in [2.75, 3.05) is 0 Å². The van der Waals surface area contributed by atoms with E-state index in [1.165, 1.54) is 0 Å². The lowest BCUT2D eigenvalue weighted by Gasteiger charge is -2.07. The van der Waals surface area contributed by atoms with Gasteiger partial charge in [-0.2, -0.15) is 5.10 Å². The normalized spacial score (nSPS) is 12.3. The minimum absolute atomic E-state index is 0.359. The Labute approximate surface area is 106 Å². The van der Waals surface area contributed by atoms with E-state index in [1.807, 2.05) is 37.4 Å². The van der Waals surface area contributed by atoms with Crippen LogP contribution in [0.2, 0.25) is 0 Å². The highest BCUT2D eigenvalue weighted by Gasteiger charge is 2.11. The molecular formula is C14H16N2O2. The number of hydrogen-bond acceptors (Lipinski definition) is 2. The van der Waals surface area contributed by atoms with E-state index in [2.05, 4.69) is 5.10 Å². The average Bonchev–Trinajstić information content (AvgIpc) is 2.76. The van der Waals surface area contributed by atoms with Crippen LogP contribution in [0.3, 0.4) is 0 Å². The number of carboxylic acids is 1. The third kappa shape index (κ3) is 2.77. The highest BCUT2D eigenvalue weighted by Crippen LogP contribution is 2.13. The molecule has 1 aromatic carbocycles. The number of carboxylic acid groups (broad SMARTS) is 1. The molecule has 94 valence electrons. The monoisotopic (exact) mass is 244 g/mol. The Balaban J connectivity index is 2.13. The molecule has 1 aromatic heterocycles. The molecule has 0 aliphatic heterocycles. The van der Waals surface area contributed by atoms with Crippen LogP contribution in [0.5, 0.6) is 0 Å². The fourth-order valence-corrected chi connectivity index (χ4v) is 1.78. The molecule has 4 heteroatoms. The summed E-state index contributed by atoms with van der Waals surface area (Å²) in [6, 6.07) is 7.81. The maximum Gasteiger partial charge on any atom is 0.306 e. The predicted octanol–water partition coefficient (Wildman–Crippen LogP) is 2.44. The van der Waals surface area contributed by atoms with Crippen molar-refractivity contribution >= 4 is 5.97 Å². The van der Waals surface area contributed by atoms with Gasteiger partial charge in [0, 0.05) is 6.20 Å². The molecule has 1 heterocycles. The molecule has 0 saturated carbocycles. The minimum atomic E-state index is -0.762. The summed E-state index contributed by atoms with van der Waals surface area (Å²) in [4.78, 5) is 10.8. The zero-order valence-corrected chi connectivity index (χ0v) is 10.5. The van der Waals surface area contributed by atoms with Crippen LogP contribution in [0.15, 0.2) is 36.7 Å². The molecule has 0 bridgehead atoms. The summed E-state index contributed by atoms with van der Waals surface area (Å²) < 4.78 is 1.81. The van der Waals surface area contributed by atoms with E-state index in [9.17, 15) is 4.79 Å². The predicted molar refractivity (Wildman–Crippen MR) is 68.8 cm³/mol. The molecule has 0 amide bonds. The Morgan fingerprint density at radius 2 is 2.06 bits per heavy atom. The number of aromatic nitrogens is 2. The number of rotatable bonds is 4. The molecular weight excluding hydrogens is 228 g/mol. The van der Waals surface area contributed by atoms with E-state index in [0.29, 0.717) is 6.42 Å². The van der Waals surface area contributed by atoms with E-state index in [-0.39, 0.29) is 5.92 Å². The van der Waals surface area contributed by atoms with Crippen molar-refractivity contribution < 1.29 is 9.90 Å². The van der Waals surface area contributed by atoms with Crippen molar-refractivity contribution in [2.24, 2.45) is 5.92 Å². The molecule has 1 unspecified atom stereocenters. The van der Waals surface area contributed by atoms with Crippen LogP contribution in [0.25, 0.3) is 5.69 Å². The van der Waals surface area contributed by atoms with Gasteiger partial charge < -0.3 is 5.11 Å². The average molecular weight is 244 g/mol. The first-order chi connectivity index (χ1) is 8.56. The van der Waals surface area contributed by atoms with E-state index in [0.717, 1.165) is 16.8 Å². The van der Waals surface area contributed by atoms with Crippen molar-refractivity contribution in [3.05, 3.63) is 47.8 Å². The number of nitrogens with zero attached hydrogens (tertiary/aromatic N) is 2. The van der Waals surface area contributed by atoms with Crippen LogP contribution in [0.1, 0.15) is 18.1 Å². The molecule has 4 nitrogen and oxygen atoms in total. The van der Waals surface area contributed by atoms with Crippen molar-refractivity contribution in [2.45, 2.75) is 20.3 Å². The molecule has 0 aliphatic rings. The highest BCUT2D eigenvalue weighted by atomic mass is 16.4. The van der Waals surface area contributed by atoms with Crippen LogP contribution < -0.4 is 0 Å². The molecule has 0 saturated heterocycles. The van der Waals surface area contributed by atoms with Crippen molar-refractivity contribution in [1.29, 1.82) is 0 Å². The zero-order chi connectivity index (χ0) is 13.1. The van der Waals surface area contributed by atoms with Gasteiger partial charge in [-0.05, 0) is 36.6 Å². The number of hydrogen-bond donors (Lipinski definition) is 1. The first-order valence-corrected chi connectivity index (χ1v) is 5.89. The summed E-state index contributed by atoms with van der Waals surface area (Å²) in [5, 5.41) is 13.1. The van der Waals surface area contributed by atoms with Gasteiger partial charge in [0.15, 0.2) is 0 Å².